The first-order valence-corrected chi connectivity index (χ1v) is 19.2. The van der Waals surface area contributed by atoms with Crippen LogP contribution >= 0.6 is 34.7 Å². The predicted molar refractivity (Wildman–Crippen MR) is 187 cm³/mol. The van der Waals surface area contributed by atoms with Gasteiger partial charge in [-0.3, -0.25) is 4.55 Å². The van der Waals surface area contributed by atoms with Gasteiger partial charge in [0.1, 0.15) is 0 Å². The normalized spacial score (nSPS) is 14.3. The highest BCUT2D eigenvalue weighted by Crippen LogP contribution is 2.43. The SMILES string of the molecule is CCC(=Cc1oc2ccc(-c3cccs3)cc2[n+]1CCCS(=O)(=O)O)C=C1Oc2ccc(-c3cccs3)cc2N1CCCSOOO. The van der Waals surface area contributed by atoms with Crippen molar-refractivity contribution in [3.8, 4) is 26.6 Å². The molecule has 0 radical (unpaired) electrons. The number of fused-ring (bicyclic) bond motifs is 2. The lowest BCUT2D eigenvalue weighted by Gasteiger charge is -2.19. The van der Waals surface area contributed by atoms with E-state index >= 15 is 0 Å². The van der Waals surface area contributed by atoms with Crippen molar-refractivity contribution in [3.05, 3.63) is 94.8 Å². The first-order valence-electron chi connectivity index (χ1n) is 14.9. The molecule has 2 N–H and O–H groups in total. The molecule has 0 saturated heterocycles. The molecule has 10 nitrogen and oxygen atoms in total. The molecule has 0 atom stereocenters. The van der Waals surface area contributed by atoms with E-state index in [1.54, 1.807) is 22.7 Å². The molecule has 0 aliphatic carbocycles. The molecule has 14 heteroatoms. The molecule has 0 amide bonds. The second-order valence-electron chi connectivity index (χ2n) is 10.7. The van der Waals surface area contributed by atoms with Gasteiger partial charge in [-0.15, -0.1) is 27.0 Å². The molecule has 1 aliphatic heterocycles. The van der Waals surface area contributed by atoms with E-state index in [2.05, 4.69) is 43.9 Å². The number of nitrogens with zero attached hydrogens (tertiary/aromatic N) is 2. The van der Waals surface area contributed by atoms with Crippen LogP contribution in [0, 0.1) is 0 Å². The summed E-state index contributed by atoms with van der Waals surface area (Å²) in [6.45, 7) is 3.00. The Morgan fingerprint density at radius 3 is 2.47 bits per heavy atom. The molecular weight excluding hydrogens is 681 g/mol. The molecule has 1 aliphatic rings. The summed E-state index contributed by atoms with van der Waals surface area (Å²) in [5, 5.41) is 16.3. The van der Waals surface area contributed by atoms with Gasteiger partial charge in [-0.05, 0) is 82.8 Å². The fourth-order valence-corrected chi connectivity index (χ4v) is 7.68. The molecule has 0 unspecified atom stereocenters. The van der Waals surface area contributed by atoms with E-state index in [0.29, 0.717) is 49.0 Å². The van der Waals surface area contributed by atoms with E-state index < -0.39 is 10.1 Å². The van der Waals surface area contributed by atoms with Crippen molar-refractivity contribution in [3.63, 3.8) is 0 Å². The van der Waals surface area contributed by atoms with E-state index in [1.807, 2.05) is 65.4 Å². The van der Waals surface area contributed by atoms with Crippen LogP contribution in [0.2, 0.25) is 0 Å². The van der Waals surface area contributed by atoms with E-state index in [9.17, 15) is 13.0 Å². The molecule has 0 spiro atoms. The lowest BCUT2D eigenvalue weighted by atomic mass is 10.1. The van der Waals surface area contributed by atoms with Crippen molar-refractivity contribution >= 4 is 67.7 Å². The number of allylic oxidation sites excluding steroid dienone is 2. The Hall–Kier alpha value is -3.47. The molecule has 0 saturated carbocycles. The van der Waals surface area contributed by atoms with Gasteiger partial charge >= 0.3 is 5.89 Å². The molecule has 5 aromatic rings. The summed E-state index contributed by atoms with van der Waals surface area (Å²) in [5.74, 6) is 2.20. The highest BCUT2D eigenvalue weighted by atomic mass is 32.2. The Morgan fingerprint density at radius 1 is 1.04 bits per heavy atom. The molecule has 0 fully saturated rings. The Bertz CT molecular complexity index is 1980. The van der Waals surface area contributed by atoms with Crippen LogP contribution in [0.1, 0.15) is 32.1 Å². The molecule has 3 aromatic heterocycles. The minimum Gasteiger partial charge on any atom is -0.439 e. The zero-order valence-corrected chi connectivity index (χ0v) is 28.7. The monoisotopic (exact) mass is 713 g/mol. The number of rotatable bonds is 15. The minimum atomic E-state index is -4.11. The van der Waals surface area contributed by atoms with Crippen LogP contribution in [0.25, 0.3) is 38.1 Å². The third kappa shape index (κ3) is 8.16. The Morgan fingerprint density at radius 2 is 1.79 bits per heavy atom. The quantitative estimate of drug-likeness (QED) is 0.0273. The van der Waals surface area contributed by atoms with Crippen LogP contribution in [-0.2, 0) is 26.0 Å². The Kier molecular flexibility index (Phi) is 10.8. The van der Waals surface area contributed by atoms with Gasteiger partial charge in [0, 0.05) is 52.7 Å². The van der Waals surface area contributed by atoms with E-state index in [-0.39, 0.29) is 12.2 Å². The molecule has 47 heavy (non-hydrogen) atoms. The lowest BCUT2D eigenvalue weighted by molar-refractivity contribution is -0.677. The Labute approximate surface area is 284 Å². The second kappa shape index (κ2) is 15.2. The van der Waals surface area contributed by atoms with Crippen molar-refractivity contribution in [1.29, 1.82) is 0 Å². The summed E-state index contributed by atoms with van der Waals surface area (Å²) in [6.07, 6.45) is 5.55. The molecule has 246 valence electrons. The van der Waals surface area contributed by atoms with Crippen LogP contribution < -0.4 is 14.2 Å². The van der Waals surface area contributed by atoms with Crippen LogP contribution in [-0.4, -0.2) is 36.3 Å². The van der Waals surface area contributed by atoms with Crippen molar-refractivity contribution in [1.82, 2.24) is 0 Å². The van der Waals surface area contributed by atoms with Gasteiger partial charge in [0.05, 0.1) is 17.5 Å². The van der Waals surface area contributed by atoms with Gasteiger partial charge in [-0.1, -0.05) is 24.1 Å². The van der Waals surface area contributed by atoms with E-state index in [0.717, 1.165) is 55.5 Å². The first kappa shape index (κ1) is 33.4. The maximum atomic E-state index is 11.5. The third-order valence-electron chi connectivity index (χ3n) is 7.57. The summed E-state index contributed by atoms with van der Waals surface area (Å²) >= 11 is 4.33. The molecule has 0 bridgehead atoms. The van der Waals surface area contributed by atoms with Gasteiger partial charge in [-0.25, -0.2) is 5.26 Å². The number of anilines is 1. The number of hydrogen-bond donors (Lipinski definition) is 2. The zero-order chi connectivity index (χ0) is 32.8. The van der Waals surface area contributed by atoms with Crippen LogP contribution in [0.5, 0.6) is 5.75 Å². The number of ether oxygens (including phenoxy) is 1. The van der Waals surface area contributed by atoms with Crippen LogP contribution in [0.4, 0.5) is 5.69 Å². The van der Waals surface area contributed by atoms with E-state index in [1.165, 1.54) is 0 Å². The predicted octanol–water partition coefficient (Wildman–Crippen LogP) is 8.45. The average Bonchev–Trinajstić information content (AvgIpc) is 3.87. The first-order chi connectivity index (χ1) is 22.8. The smallest absolute Gasteiger partial charge is 0.374 e. The standard InChI is InChI=1S/C33H32N2O8S4/c1-2-23(19-32-34(13-5-17-46-43-42-36)26-21-24(9-11-28(26)40-32)30-7-3-15-44-30)20-33-35(14-6-18-47(37,38)39)27-22-25(10-12-29(27)41-33)31-8-4-16-45-31/h3-4,7-12,15-16,19-22H,2,5-6,13-14,17-18H2,1H3,(H-,36,37,38,39)/p+1. The van der Waals surface area contributed by atoms with Gasteiger partial charge in [0.2, 0.25) is 11.5 Å². The third-order valence-corrected chi connectivity index (χ3v) is 10.8. The molecule has 2 aromatic carbocycles. The lowest BCUT2D eigenvalue weighted by Crippen LogP contribution is -2.36. The van der Waals surface area contributed by atoms with Crippen LogP contribution in [0.15, 0.2) is 93.4 Å². The van der Waals surface area contributed by atoms with Gasteiger partial charge < -0.3 is 14.1 Å². The molecule has 6 rings (SSSR count). The van der Waals surface area contributed by atoms with Crippen LogP contribution in [0.3, 0.4) is 0 Å². The second-order valence-corrected chi connectivity index (χ2v) is 14.9. The zero-order valence-electron chi connectivity index (χ0n) is 25.4. The van der Waals surface area contributed by atoms with Gasteiger partial charge in [0.25, 0.3) is 15.6 Å². The minimum absolute atomic E-state index is 0.215. The summed E-state index contributed by atoms with van der Waals surface area (Å²) in [5.41, 5.74) is 5.52. The maximum absolute atomic E-state index is 11.5. The fraction of sp³-hybridized carbons (Fsp3) is 0.242. The summed E-state index contributed by atoms with van der Waals surface area (Å²) in [6, 6.07) is 20.3. The molecule has 4 heterocycles. The highest BCUT2D eigenvalue weighted by Gasteiger charge is 2.28. The average molecular weight is 714 g/mol. The van der Waals surface area contributed by atoms with Gasteiger partial charge in [0.15, 0.2) is 12.3 Å². The number of thiophene rings is 2. The summed E-state index contributed by atoms with van der Waals surface area (Å²) < 4.78 is 51.7. The number of aromatic nitrogens is 1. The largest absolute Gasteiger partial charge is 0.439 e. The van der Waals surface area contributed by atoms with Gasteiger partial charge in [-0.2, -0.15) is 13.0 Å². The topological polar surface area (TPSA) is 123 Å². The summed E-state index contributed by atoms with van der Waals surface area (Å²) in [7, 11) is -4.11. The van der Waals surface area contributed by atoms with Crippen molar-refractivity contribution < 1.29 is 41.3 Å². The maximum Gasteiger partial charge on any atom is 0.374 e. The highest BCUT2D eigenvalue weighted by molar-refractivity contribution is 7.94. The van der Waals surface area contributed by atoms with Crippen molar-refractivity contribution in [2.24, 2.45) is 0 Å². The fourth-order valence-electron chi connectivity index (χ4n) is 5.38. The number of hydrogen-bond acceptors (Lipinski definition) is 11. The Balaban J connectivity index is 1.36. The van der Waals surface area contributed by atoms with Crippen molar-refractivity contribution in [2.75, 3.05) is 23.0 Å². The van der Waals surface area contributed by atoms with Crippen molar-refractivity contribution in [2.45, 2.75) is 32.7 Å². The van der Waals surface area contributed by atoms with E-state index in [4.69, 9.17) is 14.4 Å². The number of oxazole rings is 1. The molecular formula is C33H33N2O8S4+. The number of aryl methyl sites for hydroxylation is 1. The number of benzene rings is 2. The summed E-state index contributed by atoms with van der Waals surface area (Å²) in [4.78, 5) is 4.40.